The van der Waals surface area contributed by atoms with Gasteiger partial charge in [-0.3, -0.25) is 14.5 Å². The first-order valence-corrected chi connectivity index (χ1v) is 12.2. The highest BCUT2D eigenvalue weighted by molar-refractivity contribution is 5.79. The number of piperidine rings is 2. The summed E-state index contributed by atoms with van der Waals surface area (Å²) in [6.45, 7) is 6.74. The summed E-state index contributed by atoms with van der Waals surface area (Å²) in [7, 11) is 0. The molecule has 0 spiro atoms. The summed E-state index contributed by atoms with van der Waals surface area (Å²) in [5.41, 5.74) is 2.32. The molecule has 0 bridgehead atoms. The first-order valence-electron chi connectivity index (χ1n) is 12.2. The maximum absolute atomic E-state index is 13.3. The Labute approximate surface area is 196 Å². The highest BCUT2D eigenvalue weighted by Crippen LogP contribution is 2.36. The van der Waals surface area contributed by atoms with Gasteiger partial charge in [-0.25, -0.2) is 0 Å². The van der Waals surface area contributed by atoms with Crippen LogP contribution in [0, 0.1) is 5.92 Å². The van der Waals surface area contributed by atoms with Crippen LogP contribution in [0.4, 0.5) is 0 Å². The van der Waals surface area contributed by atoms with E-state index in [4.69, 9.17) is 0 Å². The predicted octanol–water partition coefficient (Wildman–Crippen LogP) is 2.78. The Hall–Kier alpha value is -2.80. The maximum Gasteiger partial charge on any atom is 0.225 e. The first kappa shape index (κ1) is 23.4. The van der Waals surface area contributed by atoms with Gasteiger partial charge in [-0.15, -0.1) is 0 Å². The summed E-state index contributed by atoms with van der Waals surface area (Å²) >= 11 is 0. The third-order valence-corrected chi connectivity index (χ3v) is 7.35. The number of nitrogens with zero attached hydrogens (tertiary/aromatic N) is 4. The minimum Gasteiger partial charge on any atom is -0.355 e. The average Bonchev–Trinajstić information content (AvgIpc) is 2.89. The summed E-state index contributed by atoms with van der Waals surface area (Å²) < 4.78 is 0. The van der Waals surface area contributed by atoms with E-state index in [-0.39, 0.29) is 17.2 Å². The Morgan fingerprint density at radius 3 is 2.39 bits per heavy atom. The van der Waals surface area contributed by atoms with Gasteiger partial charge in [0.2, 0.25) is 11.8 Å². The van der Waals surface area contributed by atoms with Gasteiger partial charge in [-0.05, 0) is 56.0 Å². The summed E-state index contributed by atoms with van der Waals surface area (Å²) in [4.78, 5) is 29.7. The molecule has 4 rings (SSSR count). The van der Waals surface area contributed by atoms with Gasteiger partial charge >= 0.3 is 0 Å². The van der Waals surface area contributed by atoms with Gasteiger partial charge < -0.3 is 10.2 Å². The van der Waals surface area contributed by atoms with Crippen molar-refractivity contribution in [2.75, 3.05) is 32.7 Å². The molecule has 2 aliphatic heterocycles. The standard InChI is InChI=1S/C26H35N5O2/c1-2-24(32)27-20-26(23-6-4-3-5-7-23)11-16-31(17-12-26)25(33)22-9-14-30(15-10-22)19-21-8-13-28-29-18-21/h3-8,13,18,22H,2,9-12,14-17,19-20H2,1H3,(H,27,32). The second kappa shape index (κ2) is 10.9. The van der Waals surface area contributed by atoms with Gasteiger partial charge in [0, 0.05) is 50.1 Å². The minimum atomic E-state index is -0.106. The molecule has 0 aliphatic carbocycles. The lowest BCUT2D eigenvalue weighted by Gasteiger charge is -2.44. The molecule has 0 unspecified atom stereocenters. The SMILES string of the molecule is CCC(=O)NCC1(c2ccccc2)CCN(C(=O)C2CCN(Cc3ccnnc3)CC2)CC1. The fourth-order valence-corrected chi connectivity index (χ4v) is 5.17. The minimum absolute atomic E-state index is 0.0816. The largest absolute Gasteiger partial charge is 0.355 e. The van der Waals surface area contributed by atoms with E-state index in [0.29, 0.717) is 18.9 Å². The molecule has 7 heteroatoms. The van der Waals surface area contributed by atoms with Crippen LogP contribution in [0.2, 0.25) is 0 Å². The fraction of sp³-hybridized carbons (Fsp3) is 0.538. The van der Waals surface area contributed by atoms with Crippen LogP contribution in [-0.2, 0) is 21.5 Å². The number of hydrogen-bond acceptors (Lipinski definition) is 5. The van der Waals surface area contributed by atoms with Crippen molar-refractivity contribution in [3.05, 3.63) is 59.9 Å². The van der Waals surface area contributed by atoms with Gasteiger partial charge in [-0.2, -0.15) is 10.2 Å². The van der Waals surface area contributed by atoms with Crippen molar-refractivity contribution >= 4 is 11.8 Å². The summed E-state index contributed by atoms with van der Waals surface area (Å²) in [6, 6.07) is 12.5. The van der Waals surface area contributed by atoms with Crippen LogP contribution < -0.4 is 5.32 Å². The lowest BCUT2D eigenvalue weighted by Crippen LogP contribution is -2.52. The zero-order valence-electron chi connectivity index (χ0n) is 19.6. The molecule has 7 nitrogen and oxygen atoms in total. The molecule has 2 aliphatic rings. The number of amides is 2. The third-order valence-electron chi connectivity index (χ3n) is 7.35. The van der Waals surface area contributed by atoms with Crippen molar-refractivity contribution < 1.29 is 9.59 Å². The van der Waals surface area contributed by atoms with Crippen LogP contribution >= 0.6 is 0 Å². The molecule has 2 saturated heterocycles. The highest BCUT2D eigenvalue weighted by Gasteiger charge is 2.39. The van der Waals surface area contributed by atoms with Gasteiger partial charge in [0.05, 0.1) is 6.20 Å². The zero-order valence-corrected chi connectivity index (χ0v) is 19.6. The number of carbonyl (C=O) groups is 2. The molecule has 33 heavy (non-hydrogen) atoms. The molecule has 0 atom stereocenters. The molecular weight excluding hydrogens is 414 g/mol. The highest BCUT2D eigenvalue weighted by atomic mass is 16.2. The summed E-state index contributed by atoms with van der Waals surface area (Å²) in [6.07, 6.45) is 7.60. The van der Waals surface area contributed by atoms with Gasteiger partial charge in [-0.1, -0.05) is 37.3 Å². The summed E-state index contributed by atoms with van der Waals surface area (Å²) in [5, 5.41) is 10.9. The van der Waals surface area contributed by atoms with E-state index in [2.05, 4.69) is 49.6 Å². The van der Waals surface area contributed by atoms with Crippen molar-refractivity contribution in [1.29, 1.82) is 0 Å². The molecule has 2 aromatic rings. The Morgan fingerprint density at radius 2 is 1.76 bits per heavy atom. The van der Waals surface area contributed by atoms with Crippen molar-refractivity contribution in [2.24, 2.45) is 5.92 Å². The van der Waals surface area contributed by atoms with Crippen LogP contribution in [0.15, 0.2) is 48.8 Å². The van der Waals surface area contributed by atoms with E-state index >= 15 is 0 Å². The van der Waals surface area contributed by atoms with Gasteiger partial charge in [0.1, 0.15) is 0 Å². The second-order valence-corrected chi connectivity index (χ2v) is 9.40. The Bertz CT molecular complexity index is 905. The van der Waals surface area contributed by atoms with Crippen LogP contribution in [0.1, 0.15) is 50.2 Å². The Kier molecular flexibility index (Phi) is 7.70. The monoisotopic (exact) mass is 449 g/mol. The first-order chi connectivity index (χ1) is 16.1. The van der Waals surface area contributed by atoms with Crippen molar-refractivity contribution in [3.8, 4) is 0 Å². The second-order valence-electron chi connectivity index (χ2n) is 9.40. The number of benzene rings is 1. The molecule has 1 N–H and O–H groups in total. The average molecular weight is 450 g/mol. The number of hydrogen-bond donors (Lipinski definition) is 1. The van der Waals surface area contributed by atoms with Crippen molar-refractivity contribution in [1.82, 2.24) is 25.3 Å². The van der Waals surface area contributed by atoms with Crippen LogP contribution in [0.5, 0.6) is 0 Å². The lowest BCUT2D eigenvalue weighted by atomic mass is 9.72. The smallest absolute Gasteiger partial charge is 0.225 e. The third kappa shape index (κ3) is 5.77. The number of rotatable bonds is 7. The maximum atomic E-state index is 13.3. The predicted molar refractivity (Wildman–Crippen MR) is 127 cm³/mol. The molecule has 2 fully saturated rings. The summed E-state index contributed by atoms with van der Waals surface area (Å²) in [5.74, 6) is 0.499. The Morgan fingerprint density at radius 1 is 1.03 bits per heavy atom. The van der Waals surface area contributed by atoms with Gasteiger partial charge in [0.15, 0.2) is 0 Å². The number of likely N-dealkylation sites (tertiary alicyclic amines) is 2. The molecule has 176 valence electrons. The van der Waals surface area contributed by atoms with Crippen molar-refractivity contribution in [2.45, 2.75) is 51.0 Å². The molecule has 3 heterocycles. The number of carbonyl (C=O) groups excluding carboxylic acids is 2. The van der Waals surface area contributed by atoms with E-state index in [1.807, 2.05) is 25.3 Å². The van der Waals surface area contributed by atoms with Crippen LogP contribution in [0.25, 0.3) is 0 Å². The molecule has 2 amide bonds. The van der Waals surface area contributed by atoms with E-state index < -0.39 is 0 Å². The zero-order chi connectivity index (χ0) is 23.1. The van der Waals surface area contributed by atoms with Crippen molar-refractivity contribution in [3.63, 3.8) is 0 Å². The molecule has 1 aromatic heterocycles. The van der Waals surface area contributed by atoms with Gasteiger partial charge in [0.25, 0.3) is 0 Å². The normalized spacial score (nSPS) is 19.2. The fourth-order valence-electron chi connectivity index (χ4n) is 5.17. The van der Waals surface area contributed by atoms with Crippen LogP contribution in [0.3, 0.4) is 0 Å². The number of aromatic nitrogens is 2. The van der Waals surface area contributed by atoms with Crippen LogP contribution in [-0.4, -0.2) is 64.5 Å². The molecule has 0 saturated carbocycles. The van der Waals surface area contributed by atoms with E-state index in [1.54, 1.807) is 6.20 Å². The van der Waals surface area contributed by atoms with E-state index in [1.165, 1.54) is 11.1 Å². The number of nitrogens with one attached hydrogen (secondary N) is 1. The molecule has 0 radical (unpaired) electrons. The Balaban J connectivity index is 1.32. The lowest BCUT2D eigenvalue weighted by molar-refractivity contribution is -0.139. The molecule has 1 aromatic carbocycles. The topological polar surface area (TPSA) is 78.4 Å². The van der Waals surface area contributed by atoms with E-state index in [9.17, 15) is 9.59 Å². The molecular formula is C26H35N5O2. The quantitative estimate of drug-likeness (QED) is 0.703. The van der Waals surface area contributed by atoms with E-state index in [0.717, 1.165) is 58.4 Å².